The van der Waals surface area contributed by atoms with Crippen LogP contribution in [0.3, 0.4) is 0 Å². The Kier molecular flexibility index (Phi) is 5.78. The molecule has 1 amide bonds. The molecule has 146 valence electrons. The zero-order valence-corrected chi connectivity index (χ0v) is 16.7. The molecule has 1 heterocycles. The van der Waals surface area contributed by atoms with E-state index in [0.717, 1.165) is 11.3 Å². The number of nitrogens with zero attached hydrogens (tertiary/aromatic N) is 3. The molecule has 28 heavy (non-hydrogen) atoms. The van der Waals surface area contributed by atoms with Gasteiger partial charge < -0.3 is 10.1 Å². The molecule has 0 saturated carbocycles. The van der Waals surface area contributed by atoms with Crippen LogP contribution in [-0.2, 0) is 10.2 Å². The van der Waals surface area contributed by atoms with Crippen LogP contribution in [0.25, 0.3) is 5.69 Å². The van der Waals surface area contributed by atoms with Gasteiger partial charge in [-0.2, -0.15) is 5.10 Å². The molecule has 1 atom stereocenters. The molecule has 1 aromatic heterocycles. The first-order valence-corrected chi connectivity index (χ1v) is 9.30. The summed E-state index contributed by atoms with van der Waals surface area (Å²) in [6.07, 6.45) is 3.14. The smallest absolute Gasteiger partial charge is 0.258 e. The molecule has 0 aliphatic carbocycles. The van der Waals surface area contributed by atoms with Crippen LogP contribution >= 0.6 is 0 Å². The van der Waals surface area contributed by atoms with Crippen molar-refractivity contribution in [2.45, 2.75) is 39.2 Å². The largest absolute Gasteiger partial charge is 0.484 e. The van der Waals surface area contributed by atoms with Gasteiger partial charge in [0.05, 0.1) is 11.7 Å². The van der Waals surface area contributed by atoms with Gasteiger partial charge in [-0.1, -0.05) is 45.0 Å². The lowest BCUT2D eigenvalue weighted by Gasteiger charge is -2.19. The molecule has 6 heteroatoms. The molecule has 0 fully saturated rings. The van der Waals surface area contributed by atoms with Crippen LogP contribution < -0.4 is 10.1 Å². The van der Waals surface area contributed by atoms with Crippen LogP contribution in [0.2, 0.25) is 0 Å². The van der Waals surface area contributed by atoms with E-state index in [0.29, 0.717) is 5.75 Å². The summed E-state index contributed by atoms with van der Waals surface area (Å²) < 4.78 is 7.30. The van der Waals surface area contributed by atoms with Crippen molar-refractivity contribution < 1.29 is 9.53 Å². The van der Waals surface area contributed by atoms with E-state index >= 15 is 0 Å². The van der Waals surface area contributed by atoms with Gasteiger partial charge >= 0.3 is 0 Å². The summed E-state index contributed by atoms with van der Waals surface area (Å²) in [5, 5.41) is 7.06. The minimum absolute atomic E-state index is 0.0176. The van der Waals surface area contributed by atoms with Crippen molar-refractivity contribution in [1.29, 1.82) is 0 Å². The first-order valence-electron chi connectivity index (χ1n) is 9.30. The van der Waals surface area contributed by atoms with Gasteiger partial charge in [0, 0.05) is 0 Å². The summed E-state index contributed by atoms with van der Waals surface area (Å²) in [4.78, 5) is 16.2. The van der Waals surface area contributed by atoms with Gasteiger partial charge in [-0.3, -0.25) is 4.79 Å². The van der Waals surface area contributed by atoms with E-state index in [2.05, 4.69) is 36.2 Å². The fourth-order valence-electron chi connectivity index (χ4n) is 2.82. The molecule has 0 aliphatic rings. The fourth-order valence-corrected chi connectivity index (χ4v) is 2.82. The van der Waals surface area contributed by atoms with Crippen molar-refractivity contribution in [2.75, 3.05) is 6.61 Å². The van der Waals surface area contributed by atoms with Crippen LogP contribution in [0.1, 0.15) is 44.9 Å². The summed E-state index contributed by atoms with van der Waals surface area (Å²) >= 11 is 0. The Morgan fingerprint density at radius 3 is 2.36 bits per heavy atom. The highest BCUT2D eigenvalue weighted by Gasteiger charge is 2.14. The number of hydrogen-bond donors (Lipinski definition) is 1. The Labute approximate surface area is 165 Å². The Hall–Kier alpha value is -3.15. The van der Waals surface area contributed by atoms with Crippen molar-refractivity contribution >= 4 is 5.91 Å². The van der Waals surface area contributed by atoms with Crippen molar-refractivity contribution in [3.05, 3.63) is 72.3 Å². The molecule has 1 unspecified atom stereocenters. The second kappa shape index (κ2) is 8.25. The van der Waals surface area contributed by atoms with E-state index in [4.69, 9.17) is 4.74 Å². The van der Waals surface area contributed by atoms with Crippen molar-refractivity contribution in [2.24, 2.45) is 0 Å². The van der Waals surface area contributed by atoms with Gasteiger partial charge in [-0.05, 0) is 47.7 Å². The van der Waals surface area contributed by atoms with E-state index in [1.165, 1.54) is 11.9 Å². The predicted molar refractivity (Wildman–Crippen MR) is 109 cm³/mol. The van der Waals surface area contributed by atoms with Crippen LogP contribution in [0, 0.1) is 0 Å². The molecule has 3 aromatic rings. The Bertz CT molecular complexity index is 895. The highest BCUT2D eigenvalue weighted by Crippen LogP contribution is 2.24. The number of amides is 1. The van der Waals surface area contributed by atoms with Crippen molar-refractivity contribution in [3.8, 4) is 11.4 Å². The second-order valence-electron chi connectivity index (χ2n) is 7.78. The van der Waals surface area contributed by atoms with Gasteiger partial charge in [0.1, 0.15) is 18.4 Å². The third-order valence-corrected chi connectivity index (χ3v) is 4.54. The molecule has 2 aromatic carbocycles. The number of nitrogens with one attached hydrogen (secondary N) is 1. The number of carbonyl (C=O) groups excluding carboxylic acids is 1. The second-order valence-corrected chi connectivity index (χ2v) is 7.78. The van der Waals surface area contributed by atoms with Crippen LogP contribution in [-0.4, -0.2) is 27.3 Å². The van der Waals surface area contributed by atoms with Crippen molar-refractivity contribution in [3.63, 3.8) is 0 Å². The summed E-state index contributed by atoms with van der Waals surface area (Å²) in [6, 6.07) is 15.6. The zero-order valence-electron chi connectivity index (χ0n) is 16.7. The van der Waals surface area contributed by atoms with Gasteiger partial charge in [-0.15, -0.1) is 0 Å². The van der Waals surface area contributed by atoms with E-state index in [1.54, 1.807) is 11.0 Å². The number of hydrogen-bond acceptors (Lipinski definition) is 4. The number of rotatable bonds is 6. The lowest BCUT2D eigenvalue weighted by Crippen LogP contribution is -2.31. The summed E-state index contributed by atoms with van der Waals surface area (Å²) in [7, 11) is 0. The third-order valence-electron chi connectivity index (χ3n) is 4.54. The summed E-state index contributed by atoms with van der Waals surface area (Å²) in [6.45, 7) is 8.42. The maximum Gasteiger partial charge on any atom is 0.258 e. The monoisotopic (exact) mass is 378 g/mol. The Morgan fingerprint density at radius 1 is 1.11 bits per heavy atom. The third kappa shape index (κ3) is 4.97. The molecular formula is C22H26N4O2. The maximum absolute atomic E-state index is 12.2. The van der Waals surface area contributed by atoms with E-state index in [1.807, 2.05) is 55.5 Å². The molecule has 6 nitrogen and oxygen atoms in total. The highest BCUT2D eigenvalue weighted by atomic mass is 16.5. The molecule has 3 rings (SSSR count). The van der Waals surface area contributed by atoms with Crippen LogP contribution in [0.15, 0.2) is 61.2 Å². The quantitative estimate of drug-likeness (QED) is 0.708. The molecule has 1 N–H and O–H groups in total. The standard InChI is InChI=1S/C22H26N4O2/c1-16(17-5-9-19(10-6-17)26-15-23-14-24-26)25-21(27)13-28-20-11-7-18(8-12-20)22(2,3)4/h5-12,14-16H,13H2,1-4H3,(H,25,27). The van der Waals surface area contributed by atoms with Gasteiger partial charge in [0.15, 0.2) is 6.61 Å². The number of benzene rings is 2. The van der Waals surface area contributed by atoms with Gasteiger partial charge in [0.25, 0.3) is 5.91 Å². The van der Waals surface area contributed by atoms with E-state index in [9.17, 15) is 4.79 Å². The lowest BCUT2D eigenvalue weighted by atomic mass is 9.87. The molecule has 0 radical (unpaired) electrons. The minimum atomic E-state index is -0.159. The lowest BCUT2D eigenvalue weighted by molar-refractivity contribution is -0.123. The minimum Gasteiger partial charge on any atom is -0.484 e. The molecule has 0 saturated heterocycles. The van der Waals surface area contributed by atoms with Crippen LogP contribution in [0.5, 0.6) is 5.75 Å². The zero-order chi connectivity index (χ0) is 20.1. The Balaban J connectivity index is 1.51. The summed E-state index contributed by atoms with van der Waals surface area (Å²) in [5.74, 6) is 0.528. The summed E-state index contributed by atoms with van der Waals surface area (Å²) in [5.41, 5.74) is 3.25. The number of carbonyl (C=O) groups is 1. The molecule has 0 bridgehead atoms. The molecule has 0 spiro atoms. The van der Waals surface area contributed by atoms with E-state index in [-0.39, 0.29) is 24.0 Å². The number of ether oxygens (including phenoxy) is 1. The predicted octanol–water partition coefficient (Wildman–Crippen LogP) is 3.82. The normalized spacial score (nSPS) is 12.4. The van der Waals surface area contributed by atoms with Crippen molar-refractivity contribution in [1.82, 2.24) is 20.1 Å². The Morgan fingerprint density at radius 2 is 1.79 bits per heavy atom. The first kappa shape index (κ1) is 19.6. The average Bonchev–Trinajstić information content (AvgIpc) is 3.21. The van der Waals surface area contributed by atoms with Crippen LogP contribution in [0.4, 0.5) is 0 Å². The fraction of sp³-hybridized carbons (Fsp3) is 0.318. The topological polar surface area (TPSA) is 69.0 Å². The number of aromatic nitrogens is 3. The maximum atomic E-state index is 12.2. The molecule has 0 aliphatic heterocycles. The van der Waals surface area contributed by atoms with E-state index < -0.39 is 0 Å². The average molecular weight is 378 g/mol. The van der Waals surface area contributed by atoms with Gasteiger partial charge in [0.2, 0.25) is 0 Å². The molecular weight excluding hydrogens is 352 g/mol. The SMILES string of the molecule is CC(NC(=O)COc1ccc(C(C)(C)C)cc1)c1ccc(-n2cncn2)cc1. The highest BCUT2D eigenvalue weighted by molar-refractivity contribution is 5.78. The first-order chi connectivity index (χ1) is 13.3. The van der Waals surface area contributed by atoms with Gasteiger partial charge in [-0.25, -0.2) is 9.67 Å².